The molecule has 0 unspecified atom stereocenters. The molecule has 0 aliphatic rings. The highest BCUT2D eigenvalue weighted by atomic mass is 35.5. The maximum atomic E-state index is 12.9. The molecule has 0 saturated carbocycles. The molecule has 19 heavy (non-hydrogen) atoms. The van der Waals surface area contributed by atoms with Gasteiger partial charge in [-0.15, -0.1) is 0 Å². The number of aryl methyl sites for hydroxylation is 1. The molecule has 0 atom stereocenters. The highest BCUT2D eigenvalue weighted by molar-refractivity contribution is 6.32. The monoisotopic (exact) mass is 283 g/mol. The maximum absolute atomic E-state index is 12.9. The summed E-state index contributed by atoms with van der Waals surface area (Å²) in [6.07, 6.45) is 0. The van der Waals surface area contributed by atoms with E-state index in [1.807, 2.05) is 20.0 Å². The van der Waals surface area contributed by atoms with Crippen LogP contribution < -0.4 is 10.1 Å². The lowest BCUT2D eigenvalue weighted by Gasteiger charge is -2.07. The number of ether oxygens (including phenoxy) is 1. The van der Waals surface area contributed by atoms with Crippen molar-refractivity contribution in [1.29, 1.82) is 0 Å². The molecule has 1 aromatic carbocycles. The summed E-state index contributed by atoms with van der Waals surface area (Å²) in [7, 11) is 1.85. The topological polar surface area (TPSA) is 34.4 Å². The van der Waals surface area contributed by atoms with Gasteiger partial charge in [0.25, 0.3) is 0 Å². The van der Waals surface area contributed by atoms with E-state index in [2.05, 4.69) is 5.32 Å². The van der Waals surface area contributed by atoms with E-state index in [9.17, 15) is 4.39 Å². The predicted octanol–water partition coefficient (Wildman–Crippen LogP) is 3.68. The summed E-state index contributed by atoms with van der Waals surface area (Å²) >= 11 is 5.89. The molecule has 0 aliphatic heterocycles. The van der Waals surface area contributed by atoms with Crippen molar-refractivity contribution in [2.45, 2.75) is 20.1 Å². The van der Waals surface area contributed by atoms with Crippen LogP contribution in [0.25, 0.3) is 0 Å². The molecule has 1 N–H and O–H groups in total. The number of rotatable bonds is 5. The first-order valence-corrected chi connectivity index (χ1v) is 6.28. The molecule has 0 fully saturated rings. The molecule has 1 aromatic heterocycles. The van der Waals surface area contributed by atoms with Gasteiger partial charge in [0.1, 0.15) is 29.7 Å². The molecule has 2 aromatic rings. The second-order valence-corrected chi connectivity index (χ2v) is 4.60. The Kier molecular flexibility index (Phi) is 4.45. The summed E-state index contributed by atoms with van der Waals surface area (Å²) in [4.78, 5) is 0. The van der Waals surface area contributed by atoms with Gasteiger partial charge in [-0.05, 0) is 38.2 Å². The van der Waals surface area contributed by atoms with E-state index >= 15 is 0 Å². The Morgan fingerprint density at radius 2 is 2.16 bits per heavy atom. The first kappa shape index (κ1) is 13.9. The minimum atomic E-state index is -0.381. The fourth-order valence-corrected chi connectivity index (χ4v) is 1.96. The number of nitrogens with one attached hydrogen (secondary N) is 1. The van der Waals surface area contributed by atoms with Crippen LogP contribution in [0.15, 0.2) is 28.7 Å². The first-order valence-electron chi connectivity index (χ1n) is 5.91. The normalized spacial score (nSPS) is 10.7. The molecule has 0 saturated heterocycles. The third kappa shape index (κ3) is 3.49. The van der Waals surface area contributed by atoms with Gasteiger partial charge in [0.2, 0.25) is 0 Å². The average Bonchev–Trinajstić information content (AvgIpc) is 2.69. The van der Waals surface area contributed by atoms with Gasteiger partial charge in [-0.25, -0.2) is 4.39 Å². The molecule has 102 valence electrons. The number of furan rings is 1. The van der Waals surface area contributed by atoms with Crippen LogP contribution >= 0.6 is 11.6 Å². The van der Waals surface area contributed by atoms with Gasteiger partial charge >= 0.3 is 0 Å². The third-order valence-corrected chi connectivity index (χ3v) is 3.00. The lowest BCUT2D eigenvalue weighted by Crippen LogP contribution is -2.03. The summed E-state index contributed by atoms with van der Waals surface area (Å²) < 4.78 is 24.0. The van der Waals surface area contributed by atoms with Gasteiger partial charge in [0, 0.05) is 5.56 Å². The first-order chi connectivity index (χ1) is 9.10. The van der Waals surface area contributed by atoms with Crippen LogP contribution in [0.4, 0.5) is 4.39 Å². The molecular weight excluding hydrogens is 269 g/mol. The summed E-state index contributed by atoms with van der Waals surface area (Å²) in [6.45, 7) is 2.88. The average molecular weight is 284 g/mol. The Morgan fingerprint density at radius 3 is 2.84 bits per heavy atom. The molecule has 0 radical (unpaired) electrons. The Balaban J connectivity index is 2.05. The molecule has 1 heterocycles. The van der Waals surface area contributed by atoms with Crippen molar-refractivity contribution >= 4 is 11.6 Å². The standard InChI is InChI=1S/C14H15ClFNO2/c1-9-10(5-12(19-9)7-17-2)8-18-14-4-3-11(16)6-13(14)15/h3-6,17H,7-8H2,1-2H3. The molecule has 0 spiro atoms. The Hall–Kier alpha value is -1.52. The van der Waals surface area contributed by atoms with Crippen LogP contribution in [-0.2, 0) is 13.2 Å². The molecule has 3 nitrogen and oxygen atoms in total. The molecule has 2 rings (SSSR count). The molecule has 0 aliphatic carbocycles. The van der Waals surface area contributed by atoms with Gasteiger partial charge in [0.05, 0.1) is 11.6 Å². The second-order valence-electron chi connectivity index (χ2n) is 4.19. The van der Waals surface area contributed by atoms with Crippen LogP contribution in [0.1, 0.15) is 17.1 Å². The Bertz CT molecular complexity index is 569. The van der Waals surface area contributed by atoms with Gasteiger partial charge in [-0.3, -0.25) is 0 Å². The highest BCUT2D eigenvalue weighted by Gasteiger charge is 2.09. The van der Waals surface area contributed by atoms with E-state index in [1.165, 1.54) is 18.2 Å². The minimum Gasteiger partial charge on any atom is -0.487 e. The van der Waals surface area contributed by atoms with Crippen LogP contribution in [-0.4, -0.2) is 7.05 Å². The van der Waals surface area contributed by atoms with Crippen molar-refractivity contribution in [1.82, 2.24) is 5.32 Å². The van der Waals surface area contributed by atoms with E-state index in [1.54, 1.807) is 0 Å². The second kappa shape index (κ2) is 6.08. The largest absolute Gasteiger partial charge is 0.487 e. The summed E-state index contributed by atoms with van der Waals surface area (Å²) in [5.41, 5.74) is 0.950. The third-order valence-electron chi connectivity index (χ3n) is 2.70. The van der Waals surface area contributed by atoms with Crippen LogP contribution in [0, 0.1) is 12.7 Å². The fourth-order valence-electron chi connectivity index (χ4n) is 1.74. The van der Waals surface area contributed by atoms with E-state index in [-0.39, 0.29) is 10.8 Å². The Morgan fingerprint density at radius 1 is 1.37 bits per heavy atom. The number of halogens is 2. The number of hydrogen-bond donors (Lipinski definition) is 1. The van der Waals surface area contributed by atoms with Crippen molar-refractivity contribution in [3.63, 3.8) is 0 Å². The van der Waals surface area contributed by atoms with Gasteiger partial charge < -0.3 is 14.5 Å². The zero-order valence-electron chi connectivity index (χ0n) is 10.8. The number of hydrogen-bond acceptors (Lipinski definition) is 3. The lowest BCUT2D eigenvalue weighted by molar-refractivity contribution is 0.302. The van der Waals surface area contributed by atoms with E-state index < -0.39 is 0 Å². The minimum absolute atomic E-state index is 0.261. The van der Waals surface area contributed by atoms with Crippen molar-refractivity contribution in [3.05, 3.63) is 52.2 Å². The maximum Gasteiger partial charge on any atom is 0.138 e. The van der Waals surface area contributed by atoms with E-state index in [4.69, 9.17) is 20.8 Å². The summed E-state index contributed by atoms with van der Waals surface area (Å²) in [5, 5.41) is 3.28. The van der Waals surface area contributed by atoms with Gasteiger partial charge in [-0.1, -0.05) is 11.6 Å². The summed E-state index contributed by atoms with van der Waals surface area (Å²) in [6, 6.07) is 5.99. The summed E-state index contributed by atoms with van der Waals surface area (Å²) in [5.74, 6) is 1.74. The van der Waals surface area contributed by atoms with Gasteiger partial charge in [0.15, 0.2) is 0 Å². The van der Waals surface area contributed by atoms with Crippen LogP contribution in [0.2, 0.25) is 5.02 Å². The van der Waals surface area contributed by atoms with Crippen molar-refractivity contribution < 1.29 is 13.5 Å². The lowest BCUT2D eigenvalue weighted by atomic mass is 10.2. The van der Waals surface area contributed by atoms with Gasteiger partial charge in [-0.2, -0.15) is 0 Å². The van der Waals surface area contributed by atoms with Crippen molar-refractivity contribution in [3.8, 4) is 5.75 Å². The van der Waals surface area contributed by atoms with Crippen molar-refractivity contribution in [2.24, 2.45) is 0 Å². The SMILES string of the molecule is CNCc1cc(COc2ccc(F)cc2Cl)c(C)o1. The highest BCUT2D eigenvalue weighted by Crippen LogP contribution is 2.26. The molecule has 0 bridgehead atoms. The smallest absolute Gasteiger partial charge is 0.138 e. The predicted molar refractivity (Wildman–Crippen MR) is 72.0 cm³/mol. The fraction of sp³-hybridized carbons (Fsp3) is 0.286. The zero-order valence-corrected chi connectivity index (χ0v) is 11.6. The molecule has 5 heteroatoms. The molecule has 0 amide bonds. The van der Waals surface area contributed by atoms with Crippen molar-refractivity contribution in [2.75, 3.05) is 7.05 Å². The van der Waals surface area contributed by atoms with E-state index in [0.29, 0.717) is 18.9 Å². The van der Waals surface area contributed by atoms with Crippen LogP contribution in [0.5, 0.6) is 5.75 Å². The quantitative estimate of drug-likeness (QED) is 0.909. The zero-order chi connectivity index (χ0) is 13.8. The van der Waals surface area contributed by atoms with Crippen LogP contribution in [0.3, 0.4) is 0 Å². The molecular formula is C14H15ClFNO2. The number of benzene rings is 1. The Labute approximate surface area is 116 Å². The van der Waals surface area contributed by atoms with E-state index in [0.717, 1.165) is 17.1 Å².